The molecule has 3 aliphatic heterocycles. The van der Waals surface area contributed by atoms with E-state index in [1.165, 1.54) is 0 Å². The fraction of sp³-hybridized carbons (Fsp3) is 0.931. The Morgan fingerprint density at radius 1 is 0.792 bits per heavy atom. The van der Waals surface area contributed by atoms with Crippen LogP contribution in [0.15, 0.2) is 4.99 Å². The molecule has 4 fully saturated rings. The van der Waals surface area contributed by atoms with Crippen LogP contribution in [0.25, 0.3) is 0 Å². The molecule has 1 aliphatic carbocycles. The van der Waals surface area contributed by atoms with Gasteiger partial charge in [0.2, 0.25) is 0 Å². The Labute approximate surface area is 279 Å². The molecule has 0 bridgehead atoms. The number of guanidine groups is 1. The molecule has 0 unspecified atom stereocenters. The monoisotopic (exact) mass is 692 g/mol. The minimum absolute atomic E-state index is 0.0249. The summed E-state index contributed by atoms with van der Waals surface area (Å²) in [6.45, 7) is -0.0143. The Balaban J connectivity index is 1.52. The topological polar surface area (TPSA) is 348 Å². The third-order valence-electron chi connectivity index (χ3n) is 9.54. The van der Waals surface area contributed by atoms with Gasteiger partial charge in [0.15, 0.2) is 30.6 Å². The number of hydrogen-bond donors (Lipinski definition) is 11. The number of ether oxygens (including phenoxy) is 6. The maximum Gasteiger partial charge on any atom is 0.187 e. The van der Waals surface area contributed by atoms with E-state index < -0.39 is 98.0 Å². The molecule has 4 aliphatic rings. The standard InChI is InChI=1S/C29H56N8O11/c30-9-13-1-3-15(32)26(43-13)46-23-17(34)7-12(8-19(40)18(39)5-6-37-29(35)36)21(41)25(23)48-28-22(42)24(20(11-38)45-28)47-27-16(33)4-2-14(10-31)44-27/h12-18,20-28,38-39,41-42H,1-11,30-34H2,(H4,35,36,37)/t12-,13-,14+,15+,16+,17-,18-,20+,21-,22+,23+,24+,25+,26+,27+,28-/m0/s1. The van der Waals surface area contributed by atoms with Crippen LogP contribution in [-0.2, 0) is 33.2 Å². The largest absolute Gasteiger partial charge is 0.394 e. The Morgan fingerprint density at radius 3 is 1.90 bits per heavy atom. The van der Waals surface area contributed by atoms with Crippen LogP contribution in [-0.4, -0.2) is 150 Å². The van der Waals surface area contributed by atoms with Crippen molar-refractivity contribution in [1.82, 2.24) is 0 Å². The molecule has 3 heterocycles. The van der Waals surface area contributed by atoms with Gasteiger partial charge in [-0.05, 0) is 38.0 Å². The van der Waals surface area contributed by atoms with Crippen molar-refractivity contribution in [2.45, 2.75) is 137 Å². The summed E-state index contributed by atoms with van der Waals surface area (Å²) in [5.74, 6) is -1.51. The predicted octanol–water partition coefficient (Wildman–Crippen LogP) is -5.51. The van der Waals surface area contributed by atoms with Crippen LogP contribution in [0.2, 0.25) is 0 Å². The number of ketones is 1. The molecule has 3 saturated heterocycles. The molecule has 19 nitrogen and oxygen atoms in total. The summed E-state index contributed by atoms with van der Waals surface area (Å²) in [5.41, 5.74) is 41.4. The Hall–Kier alpha value is -1.66. The second-order valence-electron chi connectivity index (χ2n) is 13.2. The number of aliphatic hydroxyl groups excluding tert-OH is 4. The van der Waals surface area contributed by atoms with Crippen molar-refractivity contribution in [2.24, 2.45) is 51.0 Å². The van der Waals surface area contributed by atoms with Gasteiger partial charge in [0.05, 0.1) is 37.0 Å². The molecular formula is C29H56N8O11. The third kappa shape index (κ3) is 9.77. The molecule has 0 spiro atoms. The van der Waals surface area contributed by atoms with Crippen molar-refractivity contribution in [3.05, 3.63) is 0 Å². The van der Waals surface area contributed by atoms with Crippen LogP contribution in [0.1, 0.15) is 44.9 Å². The van der Waals surface area contributed by atoms with E-state index in [0.29, 0.717) is 25.7 Å². The van der Waals surface area contributed by atoms with Gasteiger partial charge in [0, 0.05) is 38.5 Å². The van der Waals surface area contributed by atoms with Crippen LogP contribution >= 0.6 is 0 Å². The molecule has 48 heavy (non-hydrogen) atoms. The quantitative estimate of drug-likeness (QED) is 0.0563. The number of hydrogen-bond acceptors (Lipinski definition) is 17. The summed E-state index contributed by atoms with van der Waals surface area (Å²) in [5, 5.41) is 43.6. The number of Topliss-reactive ketones (excluding diaryl/α,β-unsaturated/α-hetero) is 1. The number of carbonyl (C=O) groups excluding carboxylic acids is 1. The number of aliphatic hydroxyl groups is 4. The zero-order valence-corrected chi connectivity index (χ0v) is 27.2. The summed E-state index contributed by atoms with van der Waals surface area (Å²) in [6.07, 6.45) is -10.4. The molecule has 4 rings (SSSR count). The minimum Gasteiger partial charge on any atom is -0.394 e. The number of nitrogens with zero attached hydrogens (tertiary/aromatic N) is 1. The normalized spacial score (nSPS) is 42.7. The Bertz CT molecular complexity index is 1050. The Morgan fingerprint density at radius 2 is 1.35 bits per heavy atom. The minimum atomic E-state index is -1.48. The second-order valence-corrected chi connectivity index (χ2v) is 13.2. The fourth-order valence-corrected chi connectivity index (χ4v) is 6.70. The van der Waals surface area contributed by atoms with Crippen molar-refractivity contribution < 1.29 is 53.6 Å². The van der Waals surface area contributed by atoms with Crippen LogP contribution in [0.4, 0.5) is 0 Å². The van der Waals surface area contributed by atoms with E-state index in [4.69, 9.17) is 68.6 Å². The Kier molecular flexibility index (Phi) is 14.7. The van der Waals surface area contributed by atoms with E-state index in [-0.39, 0.29) is 57.1 Å². The summed E-state index contributed by atoms with van der Waals surface area (Å²) < 4.78 is 36.2. The lowest BCUT2D eigenvalue weighted by molar-refractivity contribution is -0.291. The summed E-state index contributed by atoms with van der Waals surface area (Å²) in [6, 6.07) is -1.86. The molecule has 16 atom stereocenters. The first-order valence-corrected chi connectivity index (χ1v) is 16.7. The molecule has 18 N–H and O–H groups in total. The SMILES string of the molecule is NC[C@@H]1CC[C@@H](N)[C@@H](O[C@H]2[C@H](O[C@@H]3O[C@H](CO)[C@@H](O[C@H]4O[C@@H](CN)CC[C@H]4N)[C@H]3O)[C@@H](O)[C@H](CC(=O)[C@@H](O)CCN=C(N)N)C[C@@H]2N)O1. The first-order chi connectivity index (χ1) is 22.9. The van der Waals surface area contributed by atoms with E-state index in [0.717, 1.165) is 0 Å². The first kappa shape index (κ1) is 39.1. The predicted molar refractivity (Wildman–Crippen MR) is 169 cm³/mol. The summed E-state index contributed by atoms with van der Waals surface area (Å²) in [4.78, 5) is 16.8. The van der Waals surface area contributed by atoms with E-state index in [1.807, 2.05) is 0 Å². The smallest absolute Gasteiger partial charge is 0.187 e. The zero-order valence-electron chi connectivity index (χ0n) is 27.2. The van der Waals surface area contributed by atoms with Crippen molar-refractivity contribution in [3.63, 3.8) is 0 Å². The molecular weight excluding hydrogens is 636 g/mol. The van der Waals surface area contributed by atoms with Gasteiger partial charge in [-0.15, -0.1) is 0 Å². The van der Waals surface area contributed by atoms with Gasteiger partial charge in [-0.3, -0.25) is 9.79 Å². The third-order valence-corrected chi connectivity index (χ3v) is 9.54. The number of aliphatic imine (C=N–C) groups is 1. The van der Waals surface area contributed by atoms with Gasteiger partial charge in [-0.1, -0.05) is 0 Å². The maximum absolute atomic E-state index is 13.0. The molecule has 0 aromatic rings. The van der Waals surface area contributed by atoms with Crippen molar-refractivity contribution in [1.29, 1.82) is 0 Å². The van der Waals surface area contributed by atoms with Gasteiger partial charge in [-0.2, -0.15) is 0 Å². The highest BCUT2D eigenvalue weighted by Gasteiger charge is 2.53. The van der Waals surface area contributed by atoms with Crippen LogP contribution in [0.5, 0.6) is 0 Å². The van der Waals surface area contributed by atoms with E-state index >= 15 is 0 Å². The first-order valence-electron chi connectivity index (χ1n) is 16.7. The molecule has 19 heteroatoms. The molecule has 0 aromatic carbocycles. The molecule has 278 valence electrons. The van der Waals surface area contributed by atoms with E-state index in [2.05, 4.69) is 4.99 Å². The maximum atomic E-state index is 13.0. The molecule has 0 amide bonds. The van der Waals surface area contributed by atoms with Gasteiger partial charge in [-0.25, -0.2) is 0 Å². The molecule has 1 saturated carbocycles. The fourth-order valence-electron chi connectivity index (χ4n) is 6.70. The highest BCUT2D eigenvalue weighted by atomic mass is 16.8. The van der Waals surface area contributed by atoms with E-state index in [9.17, 15) is 25.2 Å². The highest BCUT2D eigenvalue weighted by Crippen LogP contribution is 2.37. The van der Waals surface area contributed by atoms with Gasteiger partial charge in [0.25, 0.3) is 0 Å². The number of carbonyl (C=O) groups is 1. The van der Waals surface area contributed by atoms with Crippen molar-refractivity contribution in [2.75, 3.05) is 26.2 Å². The summed E-state index contributed by atoms with van der Waals surface area (Å²) >= 11 is 0. The lowest BCUT2D eigenvalue weighted by Crippen LogP contribution is -2.62. The summed E-state index contributed by atoms with van der Waals surface area (Å²) in [7, 11) is 0. The van der Waals surface area contributed by atoms with Crippen LogP contribution in [0, 0.1) is 5.92 Å². The van der Waals surface area contributed by atoms with Crippen molar-refractivity contribution >= 4 is 11.7 Å². The van der Waals surface area contributed by atoms with Crippen LogP contribution < -0.4 is 40.1 Å². The average molecular weight is 693 g/mol. The molecule has 0 aromatic heterocycles. The van der Waals surface area contributed by atoms with Crippen molar-refractivity contribution in [3.8, 4) is 0 Å². The second kappa shape index (κ2) is 18.0. The highest BCUT2D eigenvalue weighted by molar-refractivity contribution is 5.83. The van der Waals surface area contributed by atoms with Gasteiger partial charge >= 0.3 is 0 Å². The van der Waals surface area contributed by atoms with Crippen LogP contribution in [0.3, 0.4) is 0 Å². The van der Waals surface area contributed by atoms with Gasteiger partial charge in [0.1, 0.15) is 36.6 Å². The zero-order chi connectivity index (χ0) is 35.1. The van der Waals surface area contributed by atoms with Gasteiger partial charge < -0.3 is 89.0 Å². The lowest BCUT2D eigenvalue weighted by atomic mass is 9.76. The number of nitrogens with two attached hydrogens (primary N) is 7. The average Bonchev–Trinajstić information content (AvgIpc) is 3.35. The lowest BCUT2D eigenvalue weighted by Gasteiger charge is -2.46. The molecule has 0 radical (unpaired) electrons. The van der Waals surface area contributed by atoms with E-state index in [1.54, 1.807) is 0 Å². The number of rotatable bonds is 15.